The standard InChI is InChI=1S/C24H37F3N4O3/c1-3-15-33-18-14-29-10-12-30(13-11-29)23(8-16-34-17-9-23)19-31(22(32)4-2)21-7-5-6-20(28-21)24(25,26)27/h5-7H,3-4,8-19H2,1-2H3. The van der Waals surface area contributed by atoms with Crippen LogP contribution in [0.3, 0.4) is 0 Å². The van der Waals surface area contributed by atoms with Crippen LogP contribution in [0.4, 0.5) is 19.0 Å². The van der Waals surface area contributed by atoms with Gasteiger partial charge >= 0.3 is 6.18 Å². The quantitative estimate of drug-likeness (QED) is 0.473. The summed E-state index contributed by atoms with van der Waals surface area (Å²) in [5.41, 5.74) is -1.34. The van der Waals surface area contributed by atoms with Crippen molar-refractivity contribution < 1.29 is 27.4 Å². The van der Waals surface area contributed by atoms with Crippen molar-refractivity contribution in [2.24, 2.45) is 0 Å². The first-order valence-corrected chi connectivity index (χ1v) is 12.3. The first-order chi connectivity index (χ1) is 16.3. The van der Waals surface area contributed by atoms with Crippen LogP contribution in [0, 0.1) is 0 Å². The van der Waals surface area contributed by atoms with Crippen LogP contribution < -0.4 is 4.90 Å². The number of hydrogen-bond acceptors (Lipinski definition) is 6. The Balaban J connectivity index is 1.76. The van der Waals surface area contributed by atoms with Crippen LogP contribution in [-0.4, -0.2) is 91.9 Å². The molecular weight excluding hydrogens is 449 g/mol. The Bertz CT molecular complexity index is 779. The van der Waals surface area contributed by atoms with E-state index in [-0.39, 0.29) is 23.7 Å². The number of halogens is 3. The van der Waals surface area contributed by atoms with Crippen LogP contribution in [0.15, 0.2) is 18.2 Å². The lowest BCUT2D eigenvalue weighted by molar-refractivity contribution is -0.141. The summed E-state index contributed by atoms with van der Waals surface area (Å²) >= 11 is 0. The molecule has 2 fully saturated rings. The summed E-state index contributed by atoms with van der Waals surface area (Å²) in [4.78, 5) is 23.0. The van der Waals surface area contributed by atoms with Gasteiger partial charge in [-0.25, -0.2) is 4.98 Å². The summed E-state index contributed by atoms with van der Waals surface area (Å²) in [5, 5.41) is 0. The maximum Gasteiger partial charge on any atom is 0.433 e. The first-order valence-electron chi connectivity index (χ1n) is 12.3. The van der Waals surface area contributed by atoms with Crippen LogP contribution in [-0.2, 0) is 20.4 Å². The van der Waals surface area contributed by atoms with Gasteiger partial charge in [0.2, 0.25) is 5.91 Å². The van der Waals surface area contributed by atoms with Crippen LogP contribution in [0.1, 0.15) is 45.2 Å². The minimum atomic E-state index is -4.57. The molecule has 3 rings (SSSR count). The third kappa shape index (κ3) is 6.90. The van der Waals surface area contributed by atoms with Crippen molar-refractivity contribution in [3.63, 3.8) is 0 Å². The van der Waals surface area contributed by atoms with Crippen molar-refractivity contribution in [2.45, 2.75) is 51.2 Å². The largest absolute Gasteiger partial charge is 0.433 e. The number of carbonyl (C=O) groups is 1. The summed E-state index contributed by atoms with van der Waals surface area (Å²) in [7, 11) is 0. The van der Waals surface area contributed by atoms with E-state index in [0.717, 1.165) is 64.7 Å². The smallest absolute Gasteiger partial charge is 0.381 e. The number of piperazine rings is 1. The highest BCUT2D eigenvalue weighted by Gasteiger charge is 2.43. The highest BCUT2D eigenvalue weighted by molar-refractivity contribution is 5.92. The van der Waals surface area contributed by atoms with Crippen LogP contribution in [0.2, 0.25) is 0 Å². The molecule has 0 atom stereocenters. The van der Waals surface area contributed by atoms with Crippen molar-refractivity contribution in [3.8, 4) is 0 Å². The second-order valence-corrected chi connectivity index (χ2v) is 8.99. The molecule has 34 heavy (non-hydrogen) atoms. The fourth-order valence-electron chi connectivity index (χ4n) is 4.73. The Labute approximate surface area is 200 Å². The molecule has 1 aromatic rings. The summed E-state index contributed by atoms with van der Waals surface area (Å²) in [6, 6.07) is 3.74. The van der Waals surface area contributed by atoms with E-state index < -0.39 is 11.9 Å². The molecule has 0 unspecified atom stereocenters. The van der Waals surface area contributed by atoms with Gasteiger partial charge < -0.3 is 9.47 Å². The third-order valence-electron chi connectivity index (χ3n) is 6.72. The van der Waals surface area contributed by atoms with Crippen LogP contribution >= 0.6 is 0 Å². The average molecular weight is 487 g/mol. The summed E-state index contributed by atoms with van der Waals surface area (Å²) in [6.07, 6.45) is -1.93. The van der Waals surface area contributed by atoms with E-state index >= 15 is 0 Å². The molecule has 0 aliphatic carbocycles. The second-order valence-electron chi connectivity index (χ2n) is 8.99. The van der Waals surface area contributed by atoms with E-state index in [9.17, 15) is 18.0 Å². The SMILES string of the molecule is CCCOCCN1CCN(C2(CN(C(=O)CC)c3cccc(C(F)(F)F)n3)CCOCC2)CC1. The maximum absolute atomic E-state index is 13.3. The van der Waals surface area contributed by atoms with Gasteiger partial charge in [-0.3, -0.25) is 19.5 Å². The molecule has 7 nitrogen and oxygen atoms in total. The molecule has 0 bridgehead atoms. The fraction of sp³-hybridized carbons (Fsp3) is 0.750. The lowest BCUT2D eigenvalue weighted by Crippen LogP contribution is -2.63. The predicted octanol–water partition coefficient (Wildman–Crippen LogP) is 3.44. The van der Waals surface area contributed by atoms with E-state index in [1.807, 2.05) is 0 Å². The number of ether oxygens (including phenoxy) is 2. The second kappa shape index (κ2) is 12.3. The average Bonchev–Trinajstić information content (AvgIpc) is 2.85. The number of hydrogen-bond donors (Lipinski definition) is 0. The molecule has 10 heteroatoms. The van der Waals surface area contributed by atoms with Crippen LogP contribution in [0.5, 0.6) is 0 Å². The Morgan fingerprint density at radius 1 is 1.15 bits per heavy atom. The molecule has 3 heterocycles. The zero-order valence-corrected chi connectivity index (χ0v) is 20.3. The number of anilines is 1. The van der Waals surface area contributed by atoms with Gasteiger partial charge in [0.25, 0.3) is 0 Å². The number of nitrogens with zero attached hydrogens (tertiary/aromatic N) is 4. The van der Waals surface area contributed by atoms with Crippen molar-refractivity contribution in [2.75, 3.05) is 70.6 Å². The Kier molecular flexibility index (Phi) is 9.70. The number of aromatic nitrogens is 1. The van der Waals surface area contributed by atoms with Crippen molar-refractivity contribution in [1.82, 2.24) is 14.8 Å². The van der Waals surface area contributed by atoms with Gasteiger partial charge in [0.05, 0.1) is 6.61 Å². The number of amides is 1. The fourth-order valence-corrected chi connectivity index (χ4v) is 4.73. The summed E-state index contributed by atoms with van der Waals surface area (Å²) in [5.74, 6) is -0.177. The number of carbonyl (C=O) groups excluding carboxylic acids is 1. The highest BCUT2D eigenvalue weighted by Crippen LogP contribution is 2.33. The molecule has 0 N–H and O–H groups in total. The summed E-state index contributed by atoms with van der Waals surface area (Å²) < 4.78 is 51.2. The lowest BCUT2D eigenvalue weighted by Gasteiger charge is -2.51. The van der Waals surface area contributed by atoms with Gasteiger partial charge in [-0.1, -0.05) is 19.9 Å². The third-order valence-corrected chi connectivity index (χ3v) is 6.72. The zero-order valence-electron chi connectivity index (χ0n) is 20.3. The molecule has 0 radical (unpaired) electrons. The van der Waals surface area contributed by atoms with E-state index in [0.29, 0.717) is 26.4 Å². The Morgan fingerprint density at radius 3 is 2.47 bits per heavy atom. The Morgan fingerprint density at radius 2 is 1.85 bits per heavy atom. The van der Waals surface area contributed by atoms with Gasteiger partial charge in [0, 0.05) is 71.0 Å². The van der Waals surface area contributed by atoms with Gasteiger partial charge in [0.1, 0.15) is 11.5 Å². The van der Waals surface area contributed by atoms with Crippen molar-refractivity contribution in [1.29, 1.82) is 0 Å². The molecule has 2 aliphatic rings. The van der Waals surface area contributed by atoms with Gasteiger partial charge in [-0.15, -0.1) is 0 Å². The van der Waals surface area contributed by atoms with E-state index in [1.165, 1.54) is 17.0 Å². The molecule has 0 saturated carbocycles. The number of rotatable bonds is 10. The maximum atomic E-state index is 13.3. The molecule has 0 aromatic carbocycles. The Hall–Kier alpha value is -1.75. The van der Waals surface area contributed by atoms with Crippen molar-refractivity contribution in [3.05, 3.63) is 23.9 Å². The highest BCUT2D eigenvalue weighted by atomic mass is 19.4. The monoisotopic (exact) mass is 486 g/mol. The van der Waals surface area contributed by atoms with Gasteiger partial charge in [-0.05, 0) is 31.4 Å². The molecular formula is C24H37F3N4O3. The van der Waals surface area contributed by atoms with Crippen LogP contribution in [0.25, 0.3) is 0 Å². The van der Waals surface area contributed by atoms with E-state index in [1.54, 1.807) is 6.92 Å². The molecule has 192 valence electrons. The lowest BCUT2D eigenvalue weighted by atomic mass is 9.86. The minimum Gasteiger partial charge on any atom is -0.381 e. The minimum absolute atomic E-state index is 0.0549. The molecule has 2 aliphatic heterocycles. The molecule has 1 aromatic heterocycles. The number of pyridine rings is 1. The number of alkyl halides is 3. The van der Waals surface area contributed by atoms with E-state index in [4.69, 9.17) is 9.47 Å². The normalized spacial score (nSPS) is 19.8. The first kappa shape index (κ1) is 26.8. The summed E-state index contributed by atoms with van der Waals surface area (Å²) in [6.45, 7) is 11.1. The topological polar surface area (TPSA) is 58.1 Å². The molecule has 0 spiro atoms. The van der Waals surface area contributed by atoms with Gasteiger partial charge in [-0.2, -0.15) is 13.2 Å². The van der Waals surface area contributed by atoms with Gasteiger partial charge in [0.15, 0.2) is 0 Å². The molecule has 2 saturated heterocycles. The van der Waals surface area contributed by atoms with E-state index in [2.05, 4.69) is 21.7 Å². The van der Waals surface area contributed by atoms with Crippen molar-refractivity contribution >= 4 is 11.7 Å². The zero-order chi connectivity index (χ0) is 24.6. The molecule has 1 amide bonds. The predicted molar refractivity (Wildman–Crippen MR) is 124 cm³/mol.